The maximum absolute atomic E-state index is 11.5. The first-order valence-corrected chi connectivity index (χ1v) is 6.03. The first-order chi connectivity index (χ1) is 7.56. The zero-order chi connectivity index (χ0) is 12.1. The molecular weight excluding hydrogens is 204 g/mol. The standard InChI is InChI=1S/C13H22O3/c1-5-15-13(14)10(4)12-7-6-11(8-16-12)9(2)3/h9,11-12H,4-8H2,1-3H3/t11-,12+/m0/s1. The van der Waals surface area contributed by atoms with Gasteiger partial charge in [-0.3, -0.25) is 0 Å². The molecule has 0 N–H and O–H groups in total. The Morgan fingerprint density at radius 3 is 2.62 bits per heavy atom. The largest absolute Gasteiger partial charge is 0.463 e. The number of esters is 1. The van der Waals surface area contributed by atoms with Crippen LogP contribution >= 0.6 is 0 Å². The van der Waals surface area contributed by atoms with Gasteiger partial charge in [-0.15, -0.1) is 0 Å². The Kier molecular flexibility index (Phi) is 5.00. The summed E-state index contributed by atoms with van der Waals surface area (Å²) in [6, 6.07) is 0. The lowest BCUT2D eigenvalue weighted by molar-refractivity contribution is -0.140. The molecule has 0 aromatic heterocycles. The summed E-state index contributed by atoms with van der Waals surface area (Å²) in [5.74, 6) is 0.915. The third kappa shape index (κ3) is 3.34. The molecule has 3 heteroatoms. The van der Waals surface area contributed by atoms with Crippen LogP contribution in [-0.2, 0) is 14.3 Å². The van der Waals surface area contributed by atoms with Gasteiger partial charge in [-0.1, -0.05) is 20.4 Å². The fourth-order valence-corrected chi connectivity index (χ4v) is 1.93. The zero-order valence-electron chi connectivity index (χ0n) is 10.5. The van der Waals surface area contributed by atoms with Crippen molar-refractivity contribution < 1.29 is 14.3 Å². The monoisotopic (exact) mass is 226 g/mol. The molecule has 0 bridgehead atoms. The molecule has 2 atom stereocenters. The lowest BCUT2D eigenvalue weighted by Gasteiger charge is -2.31. The Hall–Kier alpha value is -0.830. The fraction of sp³-hybridized carbons (Fsp3) is 0.769. The van der Waals surface area contributed by atoms with Gasteiger partial charge in [0.05, 0.1) is 24.9 Å². The van der Waals surface area contributed by atoms with E-state index in [1.807, 2.05) is 0 Å². The Morgan fingerprint density at radius 1 is 1.50 bits per heavy atom. The molecule has 0 aromatic carbocycles. The van der Waals surface area contributed by atoms with Crippen LogP contribution in [0.2, 0.25) is 0 Å². The molecule has 3 nitrogen and oxygen atoms in total. The number of hydrogen-bond donors (Lipinski definition) is 0. The van der Waals surface area contributed by atoms with Gasteiger partial charge >= 0.3 is 5.97 Å². The Balaban J connectivity index is 2.41. The van der Waals surface area contributed by atoms with Crippen LogP contribution < -0.4 is 0 Å². The average molecular weight is 226 g/mol. The van der Waals surface area contributed by atoms with Crippen molar-refractivity contribution in [3.63, 3.8) is 0 Å². The Morgan fingerprint density at radius 2 is 2.19 bits per heavy atom. The van der Waals surface area contributed by atoms with E-state index < -0.39 is 0 Å². The minimum absolute atomic E-state index is 0.144. The molecule has 0 radical (unpaired) electrons. The zero-order valence-corrected chi connectivity index (χ0v) is 10.5. The number of hydrogen-bond acceptors (Lipinski definition) is 3. The second-order valence-corrected chi connectivity index (χ2v) is 4.65. The lowest BCUT2D eigenvalue weighted by atomic mass is 9.87. The third-order valence-corrected chi connectivity index (χ3v) is 3.18. The van der Waals surface area contributed by atoms with Crippen molar-refractivity contribution in [3.8, 4) is 0 Å². The van der Waals surface area contributed by atoms with Gasteiger partial charge in [0, 0.05) is 0 Å². The van der Waals surface area contributed by atoms with Crippen molar-refractivity contribution in [2.45, 2.75) is 39.7 Å². The van der Waals surface area contributed by atoms with Crippen LogP contribution in [0.15, 0.2) is 12.2 Å². The molecule has 0 spiro atoms. The predicted octanol–water partition coefficient (Wildman–Crippen LogP) is 2.56. The van der Waals surface area contributed by atoms with E-state index in [1.54, 1.807) is 6.92 Å². The van der Waals surface area contributed by atoms with Gasteiger partial charge in [-0.25, -0.2) is 4.79 Å². The summed E-state index contributed by atoms with van der Waals surface area (Å²) in [7, 11) is 0. The number of ether oxygens (including phenoxy) is 2. The first kappa shape index (κ1) is 13.2. The second kappa shape index (κ2) is 6.04. The summed E-state index contributed by atoms with van der Waals surface area (Å²) >= 11 is 0. The maximum Gasteiger partial charge on any atom is 0.336 e. The highest BCUT2D eigenvalue weighted by atomic mass is 16.5. The van der Waals surface area contributed by atoms with Crippen molar-refractivity contribution >= 4 is 5.97 Å². The summed E-state index contributed by atoms with van der Waals surface area (Å²) < 4.78 is 10.6. The van der Waals surface area contributed by atoms with E-state index in [1.165, 1.54) is 0 Å². The van der Waals surface area contributed by atoms with Crippen LogP contribution in [0, 0.1) is 11.8 Å². The summed E-state index contributed by atoms with van der Waals surface area (Å²) in [5, 5.41) is 0. The molecule has 0 unspecified atom stereocenters. The normalized spacial score (nSPS) is 25.5. The topological polar surface area (TPSA) is 35.5 Å². The fourth-order valence-electron chi connectivity index (χ4n) is 1.93. The minimum Gasteiger partial charge on any atom is -0.463 e. The molecule has 0 amide bonds. The van der Waals surface area contributed by atoms with Gasteiger partial charge in [-0.2, -0.15) is 0 Å². The predicted molar refractivity (Wildman–Crippen MR) is 63.1 cm³/mol. The van der Waals surface area contributed by atoms with Gasteiger partial charge in [0.15, 0.2) is 0 Å². The quantitative estimate of drug-likeness (QED) is 0.546. The summed E-state index contributed by atoms with van der Waals surface area (Å²) in [6.07, 6.45) is 1.83. The molecule has 0 aromatic rings. The van der Waals surface area contributed by atoms with E-state index in [0.717, 1.165) is 19.4 Å². The van der Waals surface area contributed by atoms with Crippen LogP contribution in [0.1, 0.15) is 33.6 Å². The van der Waals surface area contributed by atoms with Gasteiger partial charge < -0.3 is 9.47 Å². The Bertz CT molecular complexity index is 250. The minimum atomic E-state index is -0.324. The number of carbonyl (C=O) groups excluding carboxylic acids is 1. The molecule has 0 aliphatic carbocycles. The van der Waals surface area contributed by atoms with Gasteiger partial charge in [0.2, 0.25) is 0 Å². The van der Waals surface area contributed by atoms with Gasteiger partial charge in [0.25, 0.3) is 0 Å². The highest BCUT2D eigenvalue weighted by Crippen LogP contribution is 2.28. The van der Waals surface area contributed by atoms with Crippen LogP contribution in [0.5, 0.6) is 0 Å². The van der Waals surface area contributed by atoms with E-state index in [4.69, 9.17) is 9.47 Å². The highest BCUT2D eigenvalue weighted by Gasteiger charge is 2.28. The van der Waals surface area contributed by atoms with Gasteiger partial charge in [-0.05, 0) is 31.6 Å². The highest BCUT2D eigenvalue weighted by molar-refractivity contribution is 5.88. The molecular formula is C13H22O3. The summed E-state index contributed by atoms with van der Waals surface area (Å²) in [4.78, 5) is 11.5. The van der Waals surface area contributed by atoms with E-state index in [0.29, 0.717) is 24.0 Å². The molecule has 0 saturated carbocycles. The van der Waals surface area contributed by atoms with Crippen molar-refractivity contribution in [1.29, 1.82) is 0 Å². The number of carbonyl (C=O) groups is 1. The number of rotatable bonds is 4. The summed E-state index contributed by atoms with van der Waals surface area (Å²) in [5.41, 5.74) is 0.462. The molecule has 1 aliphatic heterocycles. The molecule has 1 rings (SSSR count). The first-order valence-electron chi connectivity index (χ1n) is 6.03. The molecule has 1 heterocycles. The summed E-state index contributed by atoms with van der Waals surface area (Å²) in [6.45, 7) is 11.1. The van der Waals surface area contributed by atoms with Gasteiger partial charge in [0.1, 0.15) is 0 Å². The van der Waals surface area contributed by atoms with Crippen LogP contribution in [0.25, 0.3) is 0 Å². The molecule has 1 aliphatic rings. The molecule has 1 saturated heterocycles. The maximum atomic E-state index is 11.5. The average Bonchev–Trinajstić information content (AvgIpc) is 2.28. The van der Waals surface area contributed by atoms with E-state index in [2.05, 4.69) is 20.4 Å². The smallest absolute Gasteiger partial charge is 0.336 e. The van der Waals surface area contributed by atoms with Crippen molar-refractivity contribution in [2.75, 3.05) is 13.2 Å². The van der Waals surface area contributed by atoms with Crippen molar-refractivity contribution in [2.24, 2.45) is 11.8 Å². The van der Waals surface area contributed by atoms with Crippen LogP contribution in [0.3, 0.4) is 0 Å². The molecule has 1 fully saturated rings. The lowest BCUT2D eigenvalue weighted by Crippen LogP contribution is -2.32. The van der Waals surface area contributed by atoms with E-state index in [-0.39, 0.29) is 12.1 Å². The SMILES string of the molecule is C=C(C(=O)OCC)[C@H]1CC[C@H](C(C)C)CO1. The third-order valence-electron chi connectivity index (χ3n) is 3.18. The van der Waals surface area contributed by atoms with E-state index in [9.17, 15) is 4.79 Å². The molecule has 92 valence electrons. The van der Waals surface area contributed by atoms with Crippen LogP contribution in [-0.4, -0.2) is 25.3 Å². The second-order valence-electron chi connectivity index (χ2n) is 4.65. The van der Waals surface area contributed by atoms with Crippen molar-refractivity contribution in [3.05, 3.63) is 12.2 Å². The Labute approximate surface area is 97.8 Å². The van der Waals surface area contributed by atoms with Crippen molar-refractivity contribution in [1.82, 2.24) is 0 Å². The van der Waals surface area contributed by atoms with E-state index >= 15 is 0 Å². The molecule has 16 heavy (non-hydrogen) atoms. The van der Waals surface area contributed by atoms with Crippen LogP contribution in [0.4, 0.5) is 0 Å².